The van der Waals surface area contributed by atoms with Gasteiger partial charge in [-0.05, 0) is 22.9 Å². The number of nitrogens with zero attached hydrogens (tertiary/aromatic N) is 4. The number of aromatic amines is 1. The number of carbonyl (C=O) groups excluding carboxylic acids is 1. The second kappa shape index (κ2) is 5.17. The number of anilines is 1. The Bertz CT molecular complexity index is 538. The van der Waals surface area contributed by atoms with Crippen molar-refractivity contribution >= 4 is 29.5 Å². The molecule has 0 radical (unpaired) electrons. The van der Waals surface area contributed by atoms with Crippen molar-refractivity contribution in [3.8, 4) is 0 Å². The van der Waals surface area contributed by atoms with Crippen LogP contribution in [0.15, 0.2) is 24.5 Å². The molecular formula is C9H7ClN6O. The highest BCUT2D eigenvalue weighted by Crippen LogP contribution is 2.14. The largest absolute Gasteiger partial charge is 0.288 e. The zero-order valence-corrected chi connectivity index (χ0v) is 9.22. The third-order valence-electron chi connectivity index (χ3n) is 1.80. The molecule has 8 heteroatoms. The van der Waals surface area contributed by atoms with E-state index in [4.69, 9.17) is 11.6 Å². The average molecular weight is 251 g/mol. The molecule has 2 rings (SSSR count). The van der Waals surface area contributed by atoms with Gasteiger partial charge in [-0.15, -0.1) is 5.10 Å². The summed E-state index contributed by atoms with van der Waals surface area (Å²) in [4.78, 5) is 15.3. The van der Waals surface area contributed by atoms with Crippen molar-refractivity contribution in [2.24, 2.45) is 0 Å². The first-order valence-electron chi connectivity index (χ1n) is 4.58. The topological polar surface area (TPSA) is 96.5 Å². The number of pyridine rings is 1. The third kappa shape index (κ3) is 3.08. The number of hydrogen-bond acceptors (Lipinski definition) is 5. The van der Waals surface area contributed by atoms with Crippen LogP contribution in [0.3, 0.4) is 0 Å². The molecule has 0 spiro atoms. The molecule has 0 fully saturated rings. The number of halogens is 1. The molecular weight excluding hydrogens is 244 g/mol. The number of amides is 1. The van der Waals surface area contributed by atoms with Crippen molar-refractivity contribution in [2.75, 3.05) is 5.32 Å². The normalized spacial score (nSPS) is 10.6. The Morgan fingerprint density at radius 3 is 3.12 bits per heavy atom. The van der Waals surface area contributed by atoms with Crippen molar-refractivity contribution in [2.45, 2.75) is 0 Å². The monoisotopic (exact) mass is 250 g/mol. The van der Waals surface area contributed by atoms with Crippen LogP contribution in [0.2, 0.25) is 5.02 Å². The number of tetrazole rings is 1. The predicted octanol–water partition coefficient (Wildman–Crippen LogP) is 0.900. The van der Waals surface area contributed by atoms with E-state index in [0.717, 1.165) is 0 Å². The summed E-state index contributed by atoms with van der Waals surface area (Å²) in [6, 6.07) is 1.69. The molecule has 0 aliphatic heterocycles. The van der Waals surface area contributed by atoms with Crippen molar-refractivity contribution in [1.82, 2.24) is 25.6 Å². The lowest BCUT2D eigenvalue weighted by Gasteiger charge is -1.96. The van der Waals surface area contributed by atoms with Gasteiger partial charge in [0.25, 0.3) is 11.9 Å². The highest BCUT2D eigenvalue weighted by Gasteiger charge is 2.01. The smallest absolute Gasteiger partial charge is 0.270 e. The van der Waals surface area contributed by atoms with E-state index in [1.807, 2.05) is 0 Å². The Balaban J connectivity index is 2.01. The first-order chi connectivity index (χ1) is 8.25. The van der Waals surface area contributed by atoms with Gasteiger partial charge in [0.15, 0.2) is 0 Å². The quantitative estimate of drug-likeness (QED) is 0.789. The summed E-state index contributed by atoms with van der Waals surface area (Å²) >= 11 is 5.87. The SMILES string of the molecule is O=C(C=Cc1ccncc1Cl)Nc1nn[nH]n1. The van der Waals surface area contributed by atoms with Crippen LogP contribution in [0, 0.1) is 0 Å². The van der Waals surface area contributed by atoms with E-state index in [-0.39, 0.29) is 11.9 Å². The number of aromatic nitrogens is 5. The van der Waals surface area contributed by atoms with Gasteiger partial charge in [0, 0.05) is 18.5 Å². The fourth-order valence-corrected chi connectivity index (χ4v) is 1.24. The van der Waals surface area contributed by atoms with E-state index >= 15 is 0 Å². The second-order valence-corrected chi connectivity index (χ2v) is 3.36. The van der Waals surface area contributed by atoms with Gasteiger partial charge in [0.05, 0.1) is 5.02 Å². The van der Waals surface area contributed by atoms with E-state index in [1.54, 1.807) is 18.3 Å². The molecule has 86 valence electrons. The standard InChI is InChI=1S/C9H7ClN6O/c10-7-5-11-4-3-6(7)1-2-8(17)12-9-13-15-16-14-9/h1-5H,(H2,12,13,14,15,16,17). The van der Waals surface area contributed by atoms with Gasteiger partial charge in [-0.3, -0.25) is 15.1 Å². The summed E-state index contributed by atoms with van der Waals surface area (Å²) in [7, 11) is 0. The Morgan fingerprint density at radius 1 is 1.53 bits per heavy atom. The van der Waals surface area contributed by atoms with Crippen LogP contribution in [-0.4, -0.2) is 31.5 Å². The van der Waals surface area contributed by atoms with E-state index in [2.05, 4.69) is 30.9 Å². The summed E-state index contributed by atoms with van der Waals surface area (Å²) in [5.41, 5.74) is 0.699. The zero-order valence-electron chi connectivity index (χ0n) is 8.46. The molecule has 1 amide bonds. The van der Waals surface area contributed by atoms with E-state index in [1.165, 1.54) is 12.3 Å². The first-order valence-corrected chi connectivity index (χ1v) is 4.95. The molecule has 0 bridgehead atoms. The Labute approximate surface area is 101 Å². The van der Waals surface area contributed by atoms with Crippen LogP contribution in [0.5, 0.6) is 0 Å². The molecule has 0 aliphatic carbocycles. The molecule has 2 N–H and O–H groups in total. The molecule has 2 aromatic heterocycles. The minimum Gasteiger partial charge on any atom is -0.288 e. The summed E-state index contributed by atoms with van der Waals surface area (Å²) in [5.74, 6) is -0.264. The average Bonchev–Trinajstić information content (AvgIpc) is 2.81. The van der Waals surface area contributed by atoms with Crippen molar-refractivity contribution in [1.29, 1.82) is 0 Å². The molecule has 0 atom stereocenters. The molecule has 0 saturated heterocycles. The van der Waals surface area contributed by atoms with Gasteiger partial charge in [-0.1, -0.05) is 16.7 Å². The maximum atomic E-state index is 11.4. The number of nitrogens with one attached hydrogen (secondary N) is 2. The van der Waals surface area contributed by atoms with Crippen LogP contribution in [0.25, 0.3) is 6.08 Å². The Morgan fingerprint density at radius 2 is 2.41 bits per heavy atom. The van der Waals surface area contributed by atoms with Gasteiger partial charge in [0.1, 0.15) is 0 Å². The fourth-order valence-electron chi connectivity index (χ4n) is 1.05. The number of hydrogen-bond donors (Lipinski definition) is 2. The summed E-state index contributed by atoms with van der Waals surface area (Å²) in [5, 5.41) is 15.6. The van der Waals surface area contributed by atoms with Gasteiger partial charge in [-0.2, -0.15) is 5.21 Å². The first kappa shape index (κ1) is 11.2. The highest BCUT2D eigenvalue weighted by molar-refractivity contribution is 6.32. The molecule has 7 nitrogen and oxygen atoms in total. The summed E-state index contributed by atoms with van der Waals surface area (Å²) < 4.78 is 0. The molecule has 17 heavy (non-hydrogen) atoms. The lowest BCUT2D eigenvalue weighted by Crippen LogP contribution is -2.09. The van der Waals surface area contributed by atoms with Gasteiger partial charge >= 0.3 is 0 Å². The third-order valence-corrected chi connectivity index (χ3v) is 2.11. The fraction of sp³-hybridized carbons (Fsp3) is 0. The predicted molar refractivity (Wildman–Crippen MR) is 61.1 cm³/mol. The minimum absolute atomic E-state index is 0.112. The van der Waals surface area contributed by atoms with Crippen molar-refractivity contribution in [3.63, 3.8) is 0 Å². The van der Waals surface area contributed by atoms with Crippen LogP contribution in [-0.2, 0) is 4.79 Å². The van der Waals surface area contributed by atoms with Crippen molar-refractivity contribution in [3.05, 3.63) is 35.1 Å². The van der Waals surface area contributed by atoms with E-state index in [0.29, 0.717) is 10.6 Å². The Kier molecular flexibility index (Phi) is 3.41. The number of carbonyl (C=O) groups is 1. The van der Waals surface area contributed by atoms with Crippen LogP contribution < -0.4 is 5.32 Å². The summed E-state index contributed by atoms with van der Waals surface area (Å²) in [6.07, 6.45) is 5.97. The van der Waals surface area contributed by atoms with Crippen LogP contribution >= 0.6 is 11.6 Å². The lowest BCUT2D eigenvalue weighted by molar-refractivity contribution is -0.111. The minimum atomic E-state index is -0.376. The molecule has 2 aromatic rings. The van der Waals surface area contributed by atoms with E-state index in [9.17, 15) is 4.79 Å². The number of rotatable bonds is 3. The Hall–Kier alpha value is -2.28. The van der Waals surface area contributed by atoms with Gasteiger partial charge in [0.2, 0.25) is 0 Å². The van der Waals surface area contributed by atoms with Crippen molar-refractivity contribution < 1.29 is 4.79 Å². The van der Waals surface area contributed by atoms with Gasteiger partial charge < -0.3 is 0 Å². The molecule has 0 unspecified atom stereocenters. The second-order valence-electron chi connectivity index (χ2n) is 2.96. The highest BCUT2D eigenvalue weighted by atomic mass is 35.5. The molecule has 2 heterocycles. The molecule has 0 aromatic carbocycles. The van der Waals surface area contributed by atoms with Crippen LogP contribution in [0.1, 0.15) is 5.56 Å². The maximum Gasteiger partial charge on any atom is 0.270 e. The van der Waals surface area contributed by atoms with E-state index < -0.39 is 0 Å². The van der Waals surface area contributed by atoms with Crippen LogP contribution in [0.4, 0.5) is 5.95 Å². The number of H-pyrrole nitrogens is 1. The zero-order chi connectivity index (χ0) is 12.1. The summed E-state index contributed by atoms with van der Waals surface area (Å²) in [6.45, 7) is 0. The lowest BCUT2D eigenvalue weighted by atomic mass is 10.2. The maximum absolute atomic E-state index is 11.4. The van der Waals surface area contributed by atoms with Gasteiger partial charge in [-0.25, -0.2) is 0 Å². The molecule has 0 aliphatic rings. The molecule has 0 saturated carbocycles.